The molecule has 3 unspecified atom stereocenters. The normalized spacial score (nSPS) is 36.4. The Labute approximate surface area is 67.4 Å². The van der Waals surface area contributed by atoms with Crippen LogP contribution in [0, 0.1) is 0 Å². The lowest BCUT2D eigenvalue weighted by Crippen LogP contribution is -2.53. The van der Waals surface area contributed by atoms with Crippen molar-refractivity contribution in [3.8, 4) is 0 Å². The minimum Gasteiger partial charge on any atom is -0.450 e. The summed E-state index contributed by atoms with van der Waals surface area (Å²) < 4.78 is 4.28. The highest BCUT2D eigenvalue weighted by Crippen LogP contribution is 2.11. The van der Waals surface area contributed by atoms with E-state index in [1.165, 1.54) is 0 Å². The van der Waals surface area contributed by atoms with Gasteiger partial charge in [-0.3, -0.25) is 4.79 Å². The van der Waals surface area contributed by atoms with E-state index >= 15 is 0 Å². The standard InChI is InChI=1S/C6H8O6/c7-1-2-3(8)4(9)5(10)6(11)12-2/h2,4-5,7,9-10H,1H2. The molecule has 0 aromatic carbocycles. The van der Waals surface area contributed by atoms with Gasteiger partial charge in [-0.15, -0.1) is 0 Å². The van der Waals surface area contributed by atoms with Crippen LogP contribution in [-0.4, -0.2) is 52.0 Å². The molecule has 3 N–H and O–H groups in total. The van der Waals surface area contributed by atoms with Crippen LogP contribution in [0.4, 0.5) is 0 Å². The fraction of sp³-hybridized carbons (Fsp3) is 0.667. The van der Waals surface area contributed by atoms with Crippen LogP contribution < -0.4 is 0 Å². The molecule has 0 saturated carbocycles. The molecule has 12 heavy (non-hydrogen) atoms. The summed E-state index contributed by atoms with van der Waals surface area (Å²) in [5.41, 5.74) is 0. The Hall–Kier alpha value is -0.980. The molecule has 1 heterocycles. The number of Topliss-reactive ketones (excluding diaryl/α,β-unsaturated/α-hetero) is 1. The van der Waals surface area contributed by atoms with Gasteiger partial charge in [0, 0.05) is 0 Å². The molecule has 0 aromatic rings. The van der Waals surface area contributed by atoms with Crippen molar-refractivity contribution < 1.29 is 29.6 Å². The maximum Gasteiger partial charge on any atom is 0.339 e. The lowest BCUT2D eigenvalue weighted by Gasteiger charge is -2.26. The molecule has 0 bridgehead atoms. The van der Waals surface area contributed by atoms with Crippen molar-refractivity contribution in [1.82, 2.24) is 0 Å². The molecule has 0 aliphatic carbocycles. The van der Waals surface area contributed by atoms with E-state index in [9.17, 15) is 9.59 Å². The lowest BCUT2D eigenvalue weighted by atomic mass is 10.0. The molecule has 0 spiro atoms. The minimum absolute atomic E-state index is 0.686. The Morgan fingerprint density at radius 1 is 1.25 bits per heavy atom. The van der Waals surface area contributed by atoms with Gasteiger partial charge < -0.3 is 20.1 Å². The van der Waals surface area contributed by atoms with E-state index in [0.717, 1.165) is 0 Å². The van der Waals surface area contributed by atoms with E-state index in [-0.39, 0.29) is 0 Å². The average Bonchev–Trinajstić information content (AvgIpc) is 2.08. The monoisotopic (exact) mass is 176 g/mol. The van der Waals surface area contributed by atoms with Crippen LogP contribution in [0.3, 0.4) is 0 Å². The van der Waals surface area contributed by atoms with Crippen LogP contribution in [0.1, 0.15) is 0 Å². The van der Waals surface area contributed by atoms with Crippen LogP contribution in [-0.2, 0) is 14.3 Å². The lowest BCUT2D eigenvalue weighted by molar-refractivity contribution is -0.186. The molecule has 1 fully saturated rings. The summed E-state index contributed by atoms with van der Waals surface area (Å²) in [5, 5.41) is 26.2. The number of hydrogen-bond donors (Lipinski definition) is 3. The smallest absolute Gasteiger partial charge is 0.339 e. The molecule has 68 valence electrons. The molecule has 1 saturated heterocycles. The zero-order valence-corrected chi connectivity index (χ0v) is 6.01. The van der Waals surface area contributed by atoms with E-state index < -0.39 is 36.7 Å². The number of cyclic esters (lactones) is 1. The molecule has 6 nitrogen and oxygen atoms in total. The van der Waals surface area contributed by atoms with Crippen LogP contribution in [0.5, 0.6) is 0 Å². The van der Waals surface area contributed by atoms with Gasteiger partial charge >= 0.3 is 5.97 Å². The van der Waals surface area contributed by atoms with E-state index in [0.29, 0.717) is 0 Å². The van der Waals surface area contributed by atoms with Crippen molar-refractivity contribution in [3.05, 3.63) is 0 Å². The van der Waals surface area contributed by atoms with E-state index in [4.69, 9.17) is 15.3 Å². The third kappa shape index (κ3) is 1.31. The molecule has 3 atom stereocenters. The van der Waals surface area contributed by atoms with Crippen LogP contribution in [0.15, 0.2) is 0 Å². The number of aliphatic hydroxyl groups excluding tert-OH is 3. The molecular formula is C6H8O6. The fourth-order valence-corrected chi connectivity index (χ4v) is 0.870. The second kappa shape index (κ2) is 3.18. The zero-order chi connectivity index (χ0) is 9.30. The van der Waals surface area contributed by atoms with Gasteiger partial charge in [0.15, 0.2) is 18.3 Å². The summed E-state index contributed by atoms with van der Waals surface area (Å²) in [4.78, 5) is 21.5. The summed E-state index contributed by atoms with van der Waals surface area (Å²) in [5.74, 6) is -1.98. The maximum atomic E-state index is 10.9. The van der Waals surface area contributed by atoms with Gasteiger partial charge in [-0.2, -0.15) is 0 Å². The van der Waals surface area contributed by atoms with Gasteiger partial charge in [-0.25, -0.2) is 4.79 Å². The molecule has 0 radical (unpaired) electrons. The van der Waals surface area contributed by atoms with Crippen molar-refractivity contribution in [1.29, 1.82) is 0 Å². The Balaban J connectivity index is 2.77. The van der Waals surface area contributed by atoms with E-state index in [1.807, 2.05) is 0 Å². The van der Waals surface area contributed by atoms with Gasteiger partial charge in [-0.1, -0.05) is 0 Å². The van der Waals surface area contributed by atoms with Crippen molar-refractivity contribution >= 4 is 11.8 Å². The predicted octanol–water partition coefficient (Wildman–Crippen LogP) is -2.81. The second-order valence-corrected chi connectivity index (χ2v) is 2.40. The number of carbonyl (C=O) groups excluding carboxylic acids is 2. The van der Waals surface area contributed by atoms with Gasteiger partial charge in [0.05, 0.1) is 6.61 Å². The van der Waals surface area contributed by atoms with Crippen LogP contribution in [0.2, 0.25) is 0 Å². The number of carbonyl (C=O) groups is 2. The third-order valence-electron chi connectivity index (χ3n) is 1.57. The predicted molar refractivity (Wildman–Crippen MR) is 34.0 cm³/mol. The Bertz CT molecular complexity index is 208. The summed E-state index contributed by atoms with van der Waals surface area (Å²) in [6.07, 6.45) is -4.97. The number of aliphatic hydroxyl groups is 3. The van der Waals surface area contributed by atoms with E-state index in [2.05, 4.69) is 4.74 Å². The van der Waals surface area contributed by atoms with Crippen LogP contribution >= 0.6 is 0 Å². The first kappa shape index (κ1) is 9.11. The summed E-state index contributed by atoms with van der Waals surface area (Å²) in [7, 11) is 0. The van der Waals surface area contributed by atoms with Gasteiger partial charge in [0.25, 0.3) is 0 Å². The zero-order valence-electron chi connectivity index (χ0n) is 6.01. The number of ketones is 1. The highest BCUT2D eigenvalue weighted by Gasteiger charge is 2.42. The Morgan fingerprint density at radius 3 is 2.33 bits per heavy atom. The molecule has 1 aliphatic rings. The molecule has 1 rings (SSSR count). The van der Waals surface area contributed by atoms with Crippen LogP contribution in [0.25, 0.3) is 0 Å². The first-order chi connectivity index (χ1) is 5.57. The number of ether oxygens (including phenoxy) is 1. The first-order valence-corrected chi connectivity index (χ1v) is 3.29. The van der Waals surface area contributed by atoms with Gasteiger partial charge in [-0.05, 0) is 0 Å². The maximum absolute atomic E-state index is 10.9. The topological polar surface area (TPSA) is 104 Å². The molecule has 1 aliphatic heterocycles. The fourth-order valence-electron chi connectivity index (χ4n) is 0.870. The summed E-state index contributed by atoms with van der Waals surface area (Å²) in [6.45, 7) is -0.686. The molecule has 0 aromatic heterocycles. The highest BCUT2D eigenvalue weighted by atomic mass is 16.6. The van der Waals surface area contributed by atoms with Crippen molar-refractivity contribution in [2.45, 2.75) is 18.3 Å². The van der Waals surface area contributed by atoms with E-state index in [1.54, 1.807) is 0 Å². The highest BCUT2D eigenvalue weighted by molar-refractivity contribution is 5.97. The molecule has 0 amide bonds. The van der Waals surface area contributed by atoms with Gasteiger partial charge in [0.2, 0.25) is 5.78 Å². The van der Waals surface area contributed by atoms with Crippen molar-refractivity contribution in [2.24, 2.45) is 0 Å². The average molecular weight is 176 g/mol. The quantitative estimate of drug-likeness (QED) is 0.373. The largest absolute Gasteiger partial charge is 0.450 e. The second-order valence-electron chi connectivity index (χ2n) is 2.40. The number of hydrogen-bond acceptors (Lipinski definition) is 6. The summed E-state index contributed by atoms with van der Waals surface area (Å²) >= 11 is 0. The molecular weight excluding hydrogens is 168 g/mol. The number of esters is 1. The Kier molecular flexibility index (Phi) is 2.41. The first-order valence-electron chi connectivity index (χ1n) is 3.29. The Morgan fingerprint density at radius 2 is 1.83 bits per heavy atom. The number of rotatable bonds is 1. The SMILES string of the molecule is O=C1OC(CO)C(=O)C(O)C1O. The summed E-state index contributed by atoms with van der Waals surface area (Å²) in [6, 6.07) is 0. The van der Waals surface area contributed by atoms with Crippen molar-refractivity contribution in [3.63, 3.8) is 0 Å². The van der Waals surface area contributed by atoms with Gasteiger partial charge in [0.1, 0.15) is 0 Å². The minimum atomic E-state index is -1.83. The van der Waals surface area contributed by atoms with Crippen molar-refractivity contribution in [2.75, 3.05) is 6.61 Å². The molecule has 6 heteroatoms. The third-order valence-corrected chi connectivity index (χ3v) is 1.57.